The van der Waals surface area contributed by atoms with Gasteiger partial charge in [-0.05, 0) is 38.0 Å². The van der Waals surface area contributed by atoms with Gasteiger partial charge in [0.2, 0.25) is 11.9 Å². The number of rotatable bonds is 6. The number of primary amides is 1. The van der Waals surface area contributed by atoms with Gasteiger partial charge in [-0.25, -0.2) is 4.98 Å². The van der Waals surface area contributed by atoms with Crippen molar-refractivity contribution in [3.05, 3.63) is 23.6 Å². The average Bonchev–Trinajstić information content (AvgIpc) is 3.33. The molecule has 1 amide bonds. The molecule has 2 aromatic rings. The molecule has 8 nitrogen and oxygen atoms in total. The first kappa shape index (κ1) is 17.1. The van der Waals surface area contributed by atoms with Gasteiger partial charge in [-0.2, -0.15) is 10.1 Å². The lowest BCUT2D eigenvalue weighted by molar-refractivity contribution is -0.123. The highest BCUT2D eigenvalue weighted by molar-refractivity contribution is 6.32. The third-order valence-corrected chi connectivity index (χ3v) is 5.78. The largest absolute Gasteiger partial charge is 0.369 e. The number of fused-ring (bicyclic) bond motifs is 2. The second-order valence-electron chi connectivity index (χ2n) is 7.03. The molecule has 0 spiro atoms. The summed E-state index contributed by atoms with van der Waals surface area (Å²) in [6.45, 7) is 2.80. The first-order valence-corrected chi connectivity index (χ1v) is 9.30. The number of aromatic nitrogens is 4. The smallest absolute Gasteiger partial charge is 0.229 e. The maximum absolute atomic E-state index is 11.9. The highest BCUT2D eigenvalue weighted by Crippen LogP contribution is 2.49. The predicted octanol–water partition coefficient (Wildman–Crippen LogP) is 2.40. The fourth-order valence-electron chi connectivity index (χ4n) is 4.33. The number of aryl methyl sites for hydroxylation is 1. The van der Waals surface area contributed by atoms with E-state index in [-0.39, 0.29) is 17.9 Å². The third-order valence-electron chi connectivity index (χ3n) is 5.51. The number of hydrogen-bond acceptors (Lipinski definition) is 6. The summed E-state index contributed by atoms with van der Waals surface area (Å²) in [4.78, 5) is 20.6. The number of nitrogens with zero attached hydrogens (tertiary/aromatic N) is 4. The Bertz CT molecular complexity index is 823. The Morgan fingerprint density at radius 2 is 2.19 bits per heavy atom. The molecule has 4 atom stereocenters. The van der Waals surface area contributed by atoms with Crippen LogP contribution in [0.5, 0.6) is 0 Å². The summed E-state index contributed by atoms with van der Waals surface area (Å²) in [5.41, 5.74) is 6.45. The van der Waals surface area contributed by atoms with Gasteiger partial charge >= 0.3 is 0 Å². The number of amides is 1. The van der Waals surface area contributed by atoms with Crippen LogP contribution in [0.3, 0.4) is 0 Å². The van der Waals surface area contributed by atoms with Gasteiger partial charge in [-0.1, -0.05) is 11.6 Å². The lowest BCUT2D eigenvalue weighted by Gasteiger charge is -2.30. The fourth-order valence-corrected chi connectivity index (χ4v) is 4.47. The van der Waals surface area contributed by atoms with Crippen LogP contribution >= 0.6 is 11.6 Å². The number of nitrogens with two attached hydrogens (primary N) is 1. The standard InChI is InChI=1S/C17H22ClN7O/c1-2-25-8-11(6-21-25)22-17-20-7-12(18)16(24-17)23-14-10-4-3-9(5-10)13(14)15(19)26/h6-10,13-14H,2-5H2,1H3,(H2,19,26)(H2,20,22,23,24)/t9-,10-,13-,14+/m0/s1. The molecular weight excluding hydrogens is 354 g/mol. The quantitative estimate of drug-likeness (QED) is 0.715. The Labute approximate surface area is 156 Å². The van der Waals surface area contributed by atoms with E-state index in [0.717, 1.165) is 31.5 Å². The Balaban J connectivity index is 1.54. The second-order valence-corrected chi connectivity index (χ2v) is 7.44. The highest BCUT2D eigenvalue weighted by atomic mass is 35.5. The number of carbonyl (C=O) groups excluding carboxylic acids is 1. The Morgan fingerprint density at radius 3 is 2.92 bits per heavy atom. The fraction of sp³-hybridized carbons (Fsp3) is 0.529. The van der Waals surface area contributed by atoms with E-state index in [1.165, 1.54) is 0 Å². The van der Waals surface area contributed by atoms with Crippen molar-refractivity contribution in [1.29, 1.82) is 0 Å². The Morgan fingerprint density at radius 1 is 1.38 bits per heavy atom. The molecule has 0 aromatic carbocycles. The molecule has 2 aromatic heterocycles. The van der Waals surface area contributed by atoms with Gasteiger partial charge in [0.15, 0.2) is 5.82 Å². The molecule has 138 valence electrons. The maximum atomic E-state index is 11.9. The summed E-state index contributed by atoms with van der Waals surface area (Å²) in [5.74, 6) is 1.34. The molecule has 2 saturated carbocycles. The van der Waals surface area contributed by atoms with Crippen LogP contribution in [0.25, 0.3) is 0 Å². The van der Waals surface area contributed by atoms with E-state index in [0.29, 0.717) is 28.6 Å². The van der Waals surface area contributed by atoms with Crippen LogP contribution in [0, 0.1) is 17.8 Å². The normalized spacial score (nSPS) is 26.8. The highest BCUT2D eigenvalue weighted by Gasteiger charge is 2.50. The van der Waals surface area contributed by atoms with Gasteiger partial charge in [0.1, 0.15) is 5.02 Å². The molecule has 9 heteroatoms. The minimum atomic E-state index is -0.245. The van der Waals surface area contributed by atoms with Crippen molar-refractivity contribution in [2.45, 2.75) is 38.8 Å². The van der Waals surface area contributed by atoms with Crippen LogP contribution in [0.4, 0.5) is 17.5 Å². The van der Waals surface area contributed by atoms with Crippen molar-refractivity contribution in [3.8, 4) is 0 Å². The molecule has 2 bridgehead atoms. The second kappa shape index (κ2) is 6.75. The molecule has 0 aliphatic heterocycles. The minimum absolute atomic E-state index is 0.0191. The maximum Gasteiger partial charge on any atom is 0.229 e. The first-order valence-electron chi connectivity index (χ1n) is 8.93. The summed E-state index contributed by atoms with van der Waals surface area (Å²) in [6, 6.07) is -0.0191. The Hall–Kier alpha value is -2.35. The molecule has 26 heavy (non-hydrogen) atoms. The van der Waals surface area contributed by atoms with E-state index < -0.39 is 0 Å². The molecule has 2 heterocycles. The van der Waals surface area contributed by atoms with Gasteiger partial charge in [-0.15, -0.1) is 0 Å². The number of nitrogens with one attached hydrogen (secondary N) is 2. The molecule has 0 saturated heterocycles. The summed E-state index contributed by atoms with van der Waals surface area (Å²) >= 11 is 6.29. The van der Waals surface area contributed by atoms with Crippen LogP contribution in [-0.2, 0) is 11.3 Å². The molecule has 2 fully saturated rings. The number of halogens is 1. The summed E-state index contributed by atoms with van der Waals surface area (Å²) in [6.07, 6.45) is 8.36. The van der Waals surface area contributed by atoms with Crippen molar-refractivity contribution in [3.63, 3.8) is 0 Å². The number of hydrogen-bond donors (Lipinski definition) is 3. The molecule has 2 aliphatic rings. The van der Waals surface area contributed by atoms with Gasteiger partial charge in [0, 0.05) is 18.8 Å². The van der Waals surface area contributed by atoms with Crippen LogP contribution < -0.4 is 16.4 Å². The van der Waals surface area contributed by atoms with Gasteiger partial charge in [-0.3, -0.25) is 9.48 Å². The van der Waals surface area contributed by atoms with Crippen molar-refractivity contribution in [2.24, 2.45) is 23.5 Å². The SMILES string of the molecule is CCn1cc(Nc2ncc(Cl)c(N[C@@H]3[C@H]4CC[C@@H](C4)[C@@H]3C(N)=O)n2)cn1. The molecular formula is C17H22ClN7O. The third kappa shape index (κ3) is 3.09. The first-order chi connectivity index (χ1) is 12.5. The molecule has 0 unspecified atom stereocenters. The lowest BCUT2D eigenvalue weighted by atomic mass is 9.84. The van der Waals surface area contributed by atoms with Gasteiger partial charge in [0.05, 0.1) is 24.0 Å². The van der Waals surface area contributed by atoms with E-state index in [2.05, 4.69) is 25.7 Å². The zero-order valence-corrected chi connectivity index (χ0v) is 15.3. The van der Waals surface area contributed by atoms with Crippen molar-refractivity contribution < 1.29 is 4.79 Å². The Kier molecular flexibility index (Phi) is 4.44. The van der Waals surface area contributed by atoms with E-state index in [4.69, 9.17) is 17.3 Å². The zero-order valence-electron chi connectivity index (χ0n) is 14.5. The van der Waals surface area contributed by atoms with E-state index >= 15 is 0 Å². The van der Waals surface area contributed by atoms with E-state index in [1.54, 1.807) is 12.4 Å². The predicted molar refractivity (Wildman–Crippen MR) is 99.2 cm³/mol. The van der Waals surface area contributed by atoms with Crippen LogP contribution in [0.15, 0.2) is 18.6 Å². The number of anilines is 3. The monoisotopic (exact) mass is 375 g/mol. The van der Waals surface area contributed by atoms with Crippen molar-refractivity contribution in [1.82, 2.24) is 19.7 Å². The summed E-state index contributed by atoms with van der Waals surface area (Å²) in [7, 11) is 0. The van der Waals surface area contributed by atoms with Crippen molar-refractivity contribution in [2.75, 3.05) is 10.6 Å². The van der Waals surface area contributed by atoms with E-state index in [9.17, 15) is 4.79 Å². The van der Waals surface area contributed by atoms with Crippen LogP contribution in [0.2, 0.25) is 5.02 Å². The van der Waals surface area contributed by atoms with Crippen LogP contribution in [-0.4, -0.2) is 31.7 Å². The zero-order chi connectivity index (χ0) is 18.3. The summed E-state index contributed by atoms with van der Waals surface area (Å²) in [5, 5.41) is 11.1. The molecule has 2 aliphatic carbocycles. The average molecular weight is 376 g/mol. The topological polar surface area (TPSA) is 111 Å². The molecule has 0 radical (unpaired) electrons. The van der Waals surface area contributed by atoms with Gasteiger partial charge in [0.25, 0.3) is 0 Å². The minimum Gasteiger partial charge on any atom is -0.369 e. The van der Waals surface area contributed by atoms with Crippen LogP contribution in [0.1, 0.15) is 26.2 Å². The lowest BCUT2D eigenvalue weighted by Crippen LogP contribution is -2.42. The van der Waals surface area contributed by atoms with Crippen molar-refractivity contribution >= 4 is 35.0 Å². The van der Waals surface area contributed by atoms with E-state index in [1.807, 2.05) is 17.8 Å². The number of carbonyl (C=O) groups is 1. The molecule has 4 N–H and O–H groups in total. The summed E-state index contributed by atoms with van der Waals surface area (Å²) < 4.78 is 1.81. The molecule has 4 rings (SSSR count). The van der Waals surface area contributed by atoms with Gasteiger partial charge < -0.3 is 16.4 Å².